The van der Waals surface area contributed by atoms with E-state index in [1.807, 2.05) is 31.2 Å². The number of aryl methyl sites for hydroxylation is 2. The number of carbonyl (C=O) groups excluding carboxylic acids is 2. The van der Waals surface area contributed by atoms with Gasteiger partial charge in [-0.15, -0.1) is 0 Å². The van der Waals surface area contributed by atoms with Gasteiger partial charge in [0.2, 0.25) is 5.91 Å². The molecule has 5 rings (SSSR count). The third kappa shape index (κ3) is 3.53. The van der Waals surface area contributed by atoms with Crippen LogP contribution in [0.4, 0.5) is 0 Å². The van der Waals surface area contributed by atoms with Crippen molar-refractivity contribution in [3.05, 3.63) is 70.8 Å². The van der Waals surface area contributed by atoms with Crippen LogP contribution in [0, 0.1) is 31.6 Å². The van der Waals surface area contributed by atoms with Crippen molar-refractivity contribution in [3.8, 4) is 0 Å². The second-order valence-electron chi connectivity index (χ2n) is 9.50. The number of benzene rings is 2. The predicted molar refractivity (Wildman–Crippen MR) is 117 cm³/mol. The van der Waals surface area contributed by atoms with Crippen molar-refractivity contribution in [2.45, 2.75) is 39.2 Å². The highest BCUT2D eigenvalue weighted by Gasteiger charge is 2.50. The van der Waals surface area contributed by atoms with Gasteiger partial charge in [0.05, 0.1) is 6.04 Å². The summed E-state index contributed by atoms with van der Waals surface area (Å²) in [6, 6.07) is 16.3. The molecule has 1 aliphatic carbocycles. The Bertz CT molecular complexity index is 963. The van der Waals surface area contributed by atoms with Crippen molar-refractivity contribution >= 4 is 11.8 Å². The lowest BCUT2D eigenvalue weighted by atomic mass is 9.87. The summed E-state index contributed by atoms with van der Waals surface area (Å²) in [5, 5.41) is 0. The van der Waals surface area contributed by atoms with E-state index in [0.717, 1.165) is 30.8 Å². The first kappa shape index (κ1) is 19.3. The van der Waals surface area contributed by atoms with Crippen LogP contribution in [0.2, 0.25) is 0 Å². The number of hydrogen-bond donors (Lipinski definition) is 0. The molecule has 0 bridgehead atoms. The Morgan fingerprint density at radius 2 is 1.67 bits per heavy atom. The van der Waals surface area contributed by atoms with E-state index in [1.54, 1.807) is 0 Å². The second kappa shape index (κ2) is 7.57. The third-order valence-electron chi connectivity index (χ3n) is 7.24. The molecule has 30 heavy (non-hydrogen) atoms. The molecule has 2 aromatic carbocycles. The minimum Gasteiger partial charge on any atom is -0.342 e. The van der Waals surface area contributed by atoms with Crippen molar-refractivity contribution < 1.29 is 9.59 Å². The smallest absolute Gasteiger partial charge is 0.254 e. The zero-order valence-electron chi connectivity index (χ0n) is 17.9. The average Bonchev–Trinajstić information content (AvgIpc) is 3.34. The standard InChI is InChI=1S/C26H30N2O2/c1-17-7-11-20(12-8-17)26(30)28-15-21-14-27(24(29)13-19-9-10-19)16-23(21)25(28)22-6-4-3-5-18(22)2/h3-8,11-12,19,21,23,25H,9-10,13-16H2,1-2H3/t21-,23-,25+/m0/s1. The van der Waals surface area contributed by atoms with Crippen LogP contribution in [0.25, 0.3) is 0 Å². The zero-order valence-corrected chi connectivity index (χ0v) is 17.9. The molecule has 3 aliphatic rings. The van der Waals surface area contributed by atoms with E-state index in [2.05, 4.69) is 41.0 Å². The predicted octanol–water partition coefficient (Wildman–Crippen LogP) is 4.38. The van der Waals surface area contributed by atoms with Gasteiger partial charge in [0.1, 0.15) is 0 Å². The average molecular weight is 403 g/mol. The summed E-state index contributed by atoms with van der Waals surface area (Å²) in [6.07, 6.45) is 3.12. The fraction of sp³-hybridized carbons (Fsp3) is 0.462. The van der Waals surface area contributed by atoms with Gasteiger partial charge in [0.15, 0.2) is 0 Å². The topological polar surface area (TPSA) is 40.6 Å². The first-order valence-electron chi connectivity index (χ1n) is 11.2. The molecule has 3 atom stereocenters. The summed E-state index contributed by atoms with van der Waals surface area (Å²) in [4.78, 5) is 30.4. The molecular formula is C26H30N2O2. The fourth-order valence-corrected chi connectivity index (χ4v) is 5.33. The van der Waals surface area contributed by atoms with Gasteiger partial charge < -0.3 is 9.80 Å². The summed E-state index contributed by atoms with van der Waals surface area (Å²) in [7, 11) is 0. The van der Waals surface area contributed by atoms with Crippen LogP contribution >= 0.6 is 0 Å². The van der Waals surface area contributed by atoms with E-state index in [1.165, 1.54) is 24.0 Å². The second-order valence-corrected chi connectivity index (χ2v) is 9.50. The Kier molecular flexibility index (Phi) is 4.88. The molecule has 2 aliphatic heterocycles. The number of hydrogen-bond acceptors (Lipinski definition) is 2. The van der Waals surface area contributed by atoms with Crippen molar-refractivity contribution in [2.24, 2.45) is 17.8 Å². The molecule has 1 saturated carbocycles. The van der Waals surface area contributed by atoms with Gasteiger partial charge >= 0.3 is 0 Å². The Morgan fingerprint density at radius 3 is 2.37 bits per heavy atom. The monoisotopic (exact) mass is 402 g/mol. The molecule has 156 valence electrons. The van der Waals surface area contributed by atoms with Crippen molar-refractivity contribution in [3.63, 3.8) is 0 Å². The molecule has 2 amide bonds. The SMILES string of the molecule is Cc1ccc(C(=O)N2C[C@@H]3CN(C(=O)CC4CC4)C[C@@H]3[C@H]2c2ccccc2C)cc1. The molecular weight excluding hydrogens is 372 g/mol. The molecule has 2 aromatic rings. The van der Waals surface area contributed by atoms with Crippen LogP contribution in [-0.4, -0.2) is 41.2 Å². The first-order valence-corrected chi connectivity index (χ1v) is 11.2. The lowest BCUT2D eigenvalue weighted by Crippen LogP contribution is -2.37. The number of carbonyl (C=O) groups is 2. The summed E-state index contributed by atoms with van der Waals surface area (Å²) >= 11 is 0. The number of nitrogens with zero attached hydrogens (tertiary/aromatic N) is 2. The Hall–Kier alpha value is -2.62. The van der Waals surface area contributed by atoms with Gasteiger partial charge in [-0.2, -0.15) is 0 Å². The van der Waals surface area contributed by atoms with Crippen molar-refractivity contribution in [1.82, 2.24) is 9.80 Å². The highest BCUT2D eigenvalue weighted by atomic mass is 16.2. The molecule has 4 heteroatoms. The van der Waals surface area contributed by atoms with Crippen molar-refractivity contribution in [2.75, 3.05) is 19.6 Å². The normalized spacial score (nSPS) is 25.5. The molecule has 0 unspecified atom stereocenters. The Morgan fingerprint density at radius 1 is 0.933 bits per heavy atom. The Balaban J connectivity index is 1.44. The van der Waals surface area contributed by atoms with E-state index in [4.69, 9.17) is 0 Å². The van der Waals surface area contributed by atoms with E-state index in [9.17, 15) is 9.59 Å². The minimum absolute atomic E-state index is 0.0312. The maximum absolute atomic E-state index is 13.5. The summed E-state index contributed by atoms with van der Waals surface area (Å²) in [6.45, 7) is 6.45. The summed E-state index contributed by atoms with van der Waals surface area (Å²) < 4.78 is 0. The quantitative estimate of drug-likeness (QED) is 0.762. The van der Waals surface area contributed by atoms with E-state index < -0.39 is 0 Å². The lowest BCUT2D eigenvalue weighted by molar-refractivity contribution is -0.130. The van der Waals surface area contributed by atoms with Crippen LogP contribution in [0.15, 0.2) is 48.5 Å². The van der Waals surface area contributed by atoms with E-state index >= 15 is 0 Å². The van der Waals surface area contributed by atoms with Gasteiger partial charge in [-0.3, -0.25) is 9.59 Å². The highest BCUT2D eigenvalue weighted by Crippen LogP contribution is 2.47. The Labute approximate surface area is 178 Å². The van der Waals surface area contributed by atoms with E-state index in [-0.39, 0.29) is 11.9 Å². The van der Waals surface area contributed by atoms with Crippen molar-refractivity contribution in [1.29, 1.82) is 0 Å². The van der Waals surface area contributed by atoms with Crippen LogP contribution in [0.1, 0.15) is 52.4 Å². The maximum atomic E-state index is 13.5. The molecule has 0 aromatic heterocycles. The van der Waals surface area contributed by atoms with Gasteiger partial charge in [0, 0.05) is 43.5 Å². The van der Waals surface area contributed by atoms with Gasteiger partial charge in [-0.25, -0.2) is 0 Å². The molecule has 0 radical (unpaired) electrons. The van der Waals surface area contributed by atoms with Crippen LogP contribution in [-0.2, 0) is 4.79 Å². The van der Waals surface area contributed by atoms with Gasteiger partial charge in [-0.1, -0.05) is 42.0 Å². The first-order chi connectivity index (χ1) is 14.5. The summed E-state index contributed by atoms with van der Waals surface area (Å²) in [5.74, 6) is 1.70. The molecule has 4 nitrogen and oxygen atoms in total. The molecule has 2 heterocycles. The molecule has 0 spiro atoms. The lowest BCUT2D eigenvalue weighted by Gasteiger charge is -2.31. The van der Waals surface area contributed by atoms with E-state index in [0.29, 0.717) is 30.1 Å². The largest absolute Gasteiger partial charge is 0.342 e. The fourth-order valence-electron chi connectivity index (χ4n) is 5.33. The van der Waals surface area contributed by atoms with Crippen LogP contribution < -0.4 is 0 Å². The maximum Gasteiger partial charge on any atom is 0.254 e. The van der Waals surface area contributed by atoms with Gasteiger partial charge in [-0.05, 0) is 55.9 Å². The number of likely N-dealkylation sites (tertiary alicyclic amines) is 2. The zero-order chi connectivity index (χ0) is 20.8. The molecule has 0 N–H and O–H groups in total. The van der Waals surface area contributed by atoms with Crippen LogP contribution in [0.5, 0.6) is 0 Å². The minimum atomic E-state index is 0.0312. The van der Waals surface area contributed by atoms with Gasteiger partial charge in [0.25, 0.3) is 5.91 Å². The molecule has 3 fully saturated rings. The third-order valence-corrected chi connectivity index (χ3v) is 7.24. The molecule has 2 saturated heterocycles. The summed E-state index contributed by atoms with van der Waals surface area (Å²) in [5.41, 5.74) is 4.35. The number of fused-ring (bicyclic) bond motifs is 1. The highest BCUT2D eigenvalue weighted by molar-refractivity contribution is 5.95. The number of amides is 2. The van der Waals surface area contributed by atoms with Crippen LogP contribution in [0.3, 0.4) is 0 Å². The number of rotatable bonds is 4.